The number of carbonyl (C=O) groups is 1. The number of amides is 1. The zero-order valence-electron chi connectivity index (χ0n) is 18.8. The van der Waals surface area contributed by atoms with Gasteiger partial charge in [0.25, 0.3) is 0 Å². The molecule has 1 fully saturated rings. The van der Waals surface area contributed by atoms with Crippen LogP contribution < -0.4 is 15.5 Å². The van der Waals surface area contributed by atoms with E-state index in [1.165, 1.54) is 0 Å². The Morgan fingerprint density at radius 1 is 1.19 bits per heavy atom. The summed E-state index contributed by atoms with van der Waals surface area (Å²) in [6.07, 6.45) is 0. The smallest absolute Gasteiger partial charge is 0.244 e. The highest BCUT2D eigenvalue weighted by Gasteiger charge is 2.21. The number of piperazine rings is 1. The van der Waals surface area contributed by atoms with E-state index in [2.05, 4.69) is 39.5 Å². The summed E-state index contributed by atoms with van der Waals surface area (Å²) in [5.74, 6) is 1.66. The van der Waals surface area contributed by atoms with Gasteiger partial charge in [0.05, 0.1) is 12.2 Å². The van der Waals surface area contributed by atoms with Gasteiger partial charge in [-0.2, -0.15) is 0 Å². The minimum atomic E-state index is 0. The van der Waals surface area contributed by atoms with E-state index in [0.717, 1.165) is 35.3 Å². The number of nitrogens with one attached hydrogen (secondary N) is 2. The molecule has 2 aromatic rings. The van der Waals surface area contributed by atoms with Crippen LogP contribution in [0.4, 0.5) is 5.69 Å². The number of aromatic nitrogens is 1. The van der Waals surface area contributed by atoms with Crippen LogP contribution >= 0.6 is 35.6 Å². The van der Waals surface area contributed by atoms with Crippen LogP contribution in [0.15, 0.2) is 39.8 Å². The minimum absolute atomic E-state index is 0. The lowest BCUT2D eigenvalue weighted by Gasteiger charge is -2.36. The number of hydrogen-bond donors (Lipinski definition) is 2. The highest BCUT2D eigenvalue weighted by atomic mass is 127. The Labute approximate surface area is 211 Å². The molecule has 8 nitrogen and oxygen atoms in total. The van der Waals surface area contributed by atoms with Crippen LogP contribution in [0.2, 0.25) is 5.02 Å². The Morgan fingerprint density at radius 3 is 2.47 bits per heavy atom. The second-order valence-electron chi connectivity index (χ2n) is 7.77. The third kappa shape index (κ3) is 7.54. The highest BCUT2D eigenvalue weighted by Crippen LogP contribution is 2.19. The van der Waals surface area contributed by atoms with Gasteiger partial charge in [0.15, 0.2) is 11.7 Å². The normalized spacial score (nSPS) is 14.3. The fourth-order valence-electron chi connectivity index (χ4n) is 3.31. The van der Waals surface area contributed by atoms with Crippen molar-refractivity contribution in [2.45, 2.75) is 33.2 Å². The van der Waals surface area contributed by atoms with Gasteiger partial charge >= 0.3 is 0 Å². The lowest BCUT2D eigenvalue weighted by molar-refractivity contribution is -0.129. The first-order valence-corrected chi connectivity index (χ1v) is 11.1. The Bertz CT molecular complexity index is 879. The average molecular weight is 575 g/mol. The molecule has 0 aliphatic carbocycles. The van der Waals surface area contributed by atoms with Crippen molar-refractivity contribution in [1.82, 2.24) is 20.7 Å². The van der Waals surface area contributed by atoms with Gasteiger partial charge < -0.3 is 25.0 Å². The van der Waals surface area contributed by atoms with Crippen molar-refractivity contribution in [3.05, 3.63) is 46.8 Å². The second-order valence-corrected chi connectivity index (χ2v) is 8.20. The molecule has 0 spiro atoms. The molecule has 32 heavy (non-hydrogen) atoms. The van der Waals surface area contributed by atoms with E-state index in [1.54, 1.807) is 0 Å². The van der Waals surface area contributed by atoms with Crippen molar-refractivity contribution < 1.29 is 9.32 Å². The van der Waals surface area contributed by atoms with Gasteiger partial charge in [-0.15, -0.1) is 24.0 Å². The van der Waals surface area contributed by atoms with Gasteiger partial charge in [-0.1, -0.05) is 30.6 Å². The number of rotatable bonds is 7. The predicted molar refractivity (Wildman–Crippen MR) is 139 cm³/mol. The number of carbonyl (C=O) groups excluding carboxylic acids is 1. The van der Waals surface area contributed by atoms with Crippen molar-refractivity contribution in [1.29, 1.82) is 0 Å². The number of aliphatic imine (C=N–C) groups is 1. The van der Waals surface area contributed by atoms with E-state index >= 15 is 0 Å². The van der Waals surface area contributed by atoms with Crippen LogP contribution in [0, 0.1) is 0 Å². The van der Waals surface area contributed by atoms with Gasteiger partial charge in [-0.05, 0) is 37.1 Å². The second kappa shape index (κ2) is 12.9. The largest absolute Gasteiger partial charge is 0.368 e. The van der Waals surface area contributed by atoms with Crippen molar-refractivity contribution >= 4 is 53.1 Å². The maximum atomic E-state index is 12.6. The molecular formula is C22H32ClIN6O2. The monoisotopic (exact) mass is 574 g/mol. The van der Waals surface area contributed by atoms with Crippen LogP contribution in [-0.2, 0) is 11.3 Å². The van der Waals surface area contributed by atoms with E-state index < -0.39 is 0 Å². The topological polar surface area (TPSA) is 86.0 Å². The van der Waals surface area contributed by atoms with Crippen molar-refractivity contribution in [2.24, 2.45) is 4.99 Å². The number of hydrogen-bond acceptors (Lipinski definition) is 5. The van der Waals surface area contributed by atoms with E-state index in [9.17, 15) is 4.79 Å². The van der Waals surface area contributed by atoms with Gasteiger partial charge in [0.2, 0.25) is 5.91 Å². The summed E-state index contributed by atoms with van der Waals surface area (Å²) in [5.41, 5.74) is 2.05. The van der Waals surface area contributed by atoms with Gasteiger partial charge in [-0.25, -0.2) is 4.99 Å². The third-order valence-electron chi connectivity index (χ3n) is 5.14. The van der Waals surface area contributed by atoms with Gasteiger partial charge in [-0.3, -0.25) is 4.79 Å². The number of anilines is 1. The summed E-state index contributed by atoms with van der Waals surface area (Å²) >= 11 is 5.97. The molecule has 2 heterocycles. The molecule has 1 saturated heterocycles. The van der Waals surface area contributed by atoms with Gasteiger partial charge in [0, 0.05) is 49.5 Å². The maximum Gasteiger partial charge on any atom is 0.244 e. The fourth-order valence-corrected chi connectivity index (χ4v) is 3.44. The standard InChI is InChI=1S/C22H31ClN6O2.HI/c1-4-24-22(25-14-19-13-20(16(2)3)27-31-19)26-15-21(30)29-11-9-28(10-12-29)18-7-5-17(23)6-8-18;/h5-8,13,16H,4,9-12,14-15H2,1-3H3,(H2,24,25,26);1H. The summed E-state index contributed by atoms with van der Waals surface area (Å²) in [4.78, 5) is 21.2. The first-order chi connectivity index (χ1) is 15.0. The summed E-state index contributed by atoms with van der Waals surface area (Å²) in [6.45, 7) is 10.3. The molecule has 176 valence electrons. The summed E-state index contributed by atoms with van der Waals surface area (Å²) in [7, 11) is 0. The lowest BCUT2D eigenvalue weighted by atomic mass is 10.1. The number of halogens is 2. The SMILES string of the molecule is CCNC(=NCC(=O)N1CCN(c2ccc(Cl)cc2)CC1)NCc1cc(C(C)C)no1.I. The molecule has 1 aliphatic heterocycles. The first-order valence-electron chi connectivity index (χ1n) is 10.7. The predicted octanol–water partition coefficient (Wildman–Crippen LogP) is 3.47. The molecule has 0 atom stereocenters. The van der Waals surface area contributed by atoms with E-state index in [4.69, 9.17) is 16.1 Å². The zero-order chi connectivity index (χ0) is 22.2. The van der Waals surface area contributed by atoms with E-state index in [0.29, 0.717) is 38.1 Å². The number of guanidine groups is 1. The van der Waals surface area contributed by atoms with Crippen LogP contribution in [0.25, 0.3) is 0 Å². The van der Waals surface area contributed by atoms with E-state index in [1.807, 2.05) is 42.2 Å². The first kappa shape index (κ1) is 26.2. The number of benzene rings is 1. The number of nitrogens with zero attached hydrogens (tertiary/aromatic N) is 4. The molecule has 0 radical (unpaired) electrons. The molecule has 1 aromatic carbocycles. The third-order valence-corrected chi connectivity index (χ3v) is 5.39. The van der Waals surface area contributed by atoms with Crippen LogP contribution in [0.3, 0.4) is 0 Å². The Morgan fingerprint density at radius 2 is 1.88 bits per heavy atom. The van der Waals surface area contributed by atoms with Crippen LogP contribution in [0.5, 0.6) is 0 Å². The molecule has 2 N–H and O–H groups in total. The van der Waals surface area contributed by atoms with Crippen LogP contribution in [-0.4, -0.2) is 61.2 Å². The average Bonchev–Trinajstić information content (AvgIpc) is 3.26. The fraction of sp³-hybridized carbons (Fsp3) is 0.500. The molecule has 1 aliphatic rings. The molecule has 10 heteroatoms. The molecule has 0 bridgehead atoms. The van der Waals surface area contributed by atoms with Crippen molar-refractivity contribution in [2.75, 3.05) is 44.2 Å². The zero-order valence-corrected chi connectivity index (χ0v) is 21.9. The summed E-state index contributed by atoms with van der Waals surface area (Å²) in [5, 5.41) is 11.1. The Balaban J connectivity index is 0.00000363. The molecule has 0 unspecified atom stereocenters. The highest BCUT2D eigenvalue weighted by molar-refractivity contribution is 14.0. The molecule has 0 saturated carbocycles. The lowest BCUT2D eigenvalue weighted by Crippen LogP contribution is -2.49. The minimum Gasteiger partial charge on any atom is -0.368 e. The molecule has 1 amide bonds. The molecule has 3 rings (SSSR count). The van der Waals surface area contributed by atoms with Crippen molar-refractivity contribution in [3.8, 4) is 0 Å². The summed E-state index contributed by atoms with van der Waals surface area (Å²) in [6, 6.07) is 9.74. The van der Waals surface area contributed by atoms with Crippen LogP contribution in [0.1, 0.15) is 38.1 Å². The maximum absolute atomic E-state index is 12.6. The van der Waals surface area contributed by atoms with Crippen molar-refractivity contribution in [3.63, 3.8) is 0 Å². The molecule has 1 aromatic heterocycles. The quantitative estimate of drug-likeness (QED) is 0.299. The van der Waals surface area contributed by atoms with E-state index in [-0.39, 0.29) is 36.4 Å². The summed E-state index contributed by atoms with van der Waals surface area (Å²) < 4.78 is 5.35. The van der Waals surface area contributed by atoms with Gasteiger partial charge in [0.1, 0.15) is 6.54 Å². The Hall–Kier alpha value is -2.01. The molecular weight excluding hydrogens is 543 g/mol. The Kier molecular flexibility index (Phi) is 10.6.